The number of nitrogens with zero attached hydrogens (tertiary/aromatic N) is 1. The smallest absolute Gasteiger partial charge is 0.326 e. The summed E-state index contributed by atoms with van der Waals surface area (Å²) in [6.07, 6.45) is 4.81. The van der Waals surface area contributed by atoms with Crippen molar-refractivity contribution < 1.29 is 19.5 Å². The normalized spacial score (nSPS) is 12.1. The van der Waals surface area contributed by atoms with Crippen LogP contribution in [0.15, 0.2) is 30.5 Å². The molecule has 0 aliphatic rings. The van der Waals surface area contributed by atoms with Crippen LogP contribution in [-0.2, 0) is 9.59 Å². The van der Waals surface area contributed by atoms with Gasteiger partial charge in [-0.2, -0.15) is 0 Å². The lowest BCUT2D eigenvalue weighted by Crippen LogP contribution is -2.34. The van der Waals surface area contributed by atoms with Crippen molar-refractivity contribution in [3.05, 3.63) is 36.0 Å². The van der Waals surface area contributed by atoms with Crippen molar-refractivity contribution in [2.24, 2.45) is 5.92 Å². The Hall–Kier alpha value is -2.70. The van der Waals surface area contributed by atoms with Gasteiger partial charge in [0.15, 0.2) is 0 Å². The molecule has 0 saturated heterocycles. The second kappa shape index (κ2) is 8.56. The number of anilines is 1. The summed E-state index contributed by atoms with van der Waals surface area (Å²) in [5, 5.41) is 14.5. The van der Waals surface area contributed by atoms with Crippen LogP contribution in [-0.4, -0.2) is 40.8 Å². The predicted molar refractivity (Wildman–Crippen MR) is 81.7 cm³/mol. The molecule has 118 valence electrons. The maximum Gasteiger partial charge on any atom is 0.326 e. The van der Waals surface area contributed by atoms with Crippen LogP contribution in [0.2, 0.25) is 0 Å². The third kappa shape index (κ3) is 5.35. The number of carboxylic acid groups (broad SMARTS) is 1. The van der Waals surface area contributed by atoms with Crippen molar-refractivity contribution in [1.82, 2.24) is 10.3 Å². The highest BCUT2D eigenvalue weighted by Gasteiger charge is 2.21. The number of amides is 1. The first kappa shape index (κ1) is 17.4. The van der Waals surface area contributed by atoms with Crippen molar-refractivity contribution in [2.75, 3.05) is 11.9 Å². The number of aldehydes is 1. The van der Waals surface area contributed by atoms with Gasteiger partial charge in [-0.1, -0.05) is 19.9 Å². The van der Waals surface area contributed by atoms with E-state index in [1.54, 1.807) is 26.0 Å². The average molecular weight is 305 g/mol. The van der Waals surface area contributed by atoms with Crippen LogP contribution in [0, 0.1) is 5.92 Å². The van der Waals surface area contributed by atoms with E-state index in [0.717, 1.165) is 0 Å². The van der Waals surface area contributed by atoms with Crippen molar-refractivity contribution in [3.8, 4) is 0 Å². The van der Waals surface area contributed by atoms with Gasteiger partial charge in [0.2, 0.25) is 0 Å². The van der Waals surface area contributed by atoms with E-state index in [9.17, 15) is 14.4 Å². The van der Waals surface area contributed by atoms with Crippen LogP contribution in [0.25, 0.3) is 0 Å². The fraction of sp³-hybridized carbons (Fsp3) is 0.333. The number of pyridine rings is 1. The number of aromatic nitrogens is 1. The highest BCUT2D eigenvalue weighted by molar-refractivity contribution is 5.94. The molecule has 1 rings (SSSR count). The molecule has 1 heterocycles. The first-order valence-corrected chi connectivity index (χ1v) is 6.79. The monoisotopic (exact) mass is 305 g/mol. The summed E-state index contributed by atoms with van der Waals surface area (Å²) in [4.78, 5) is 37.0. The van der Waals surface area contributed by atoms with Crippen LogP contribution in [0.1, 0.15) is 24.2 Å². The molecule has 1 atom stereocenters. The number of allylic oxidation sites excluding steroid dienone is 1. The second-order valence-electron chi connectivity index (χ2n) is 4.91. The highest BCUT2D eigenvalue weighted by Crippen LogP contribution is 2.11. The molecule has 0 aliphatic heterocycles. The lowest BCUT2D eigenvalue weighted by molar-refractivity contribution is -0.138. The molecular formula is C15H19N3O4. The quantitative estimate of drug-likeness (QED) is 0.490. The second-order valence-corrected chi connectivity index (χ2v) is 4.91. The van der Waals surface area contributed by atoms with Gasteiger partial charge in [0, 0.05) is 12.7 Å². The summed E-state index contributed by atoms with van der Waals surface area (Å²) in [5.74, 6) is -1.00. The Kier molecular flexibility index (Phi) is 6.75. The largest absolute Gasteiger partial charge is 0.480 e. The molecule has 0 aliphatic carbocycles. The molecule has 0 radical (unpaired) electrons. The minimum atomic E-state index is -0.958. The summed E-state index contributed by atoms with van der Waals surface area (Å²) in [6, 6.07) is 2.35. The molecule has 22 heavy (non-hydrogen) atoms. The van der Waals surface area contributed by atoms with E-state index in [2.05, 4.69) is 15.6 Å². The minimum absolute atomic E-state index is 0.105. The topological polar surface area (TPSA) is 108 Å². The molecule has 1 amide bonds. The van der Waals surface area contributed by atoms with Gasteiger partial charge in [-0.15, -0.1) is 0 Å². The Bertz CT molecular complexity index is 552. The van der Waals surface area contributed by atoms with E-state index in [0.29, 0.717) is 17.7 Å². The van der Waals surface area contributed by atoms with Crippen molar-refractivity contribution in [2.45, 2.75) is 19.9 Å². The molecule has 0 saturated carbocycles. The molecule has 0 spiro atoms. The van der Waals surface area contributed by atoms with Crippen molar-refractivity contribution >= 4 is 24.0 Å². The van der Waals surface area contributed by atoms with Crippen LogP contribution >= 0.6 is 0 Å². The molecular weight excluding hydrogens is 286 g/mol. The van der Waals surface area contributed by atoms with Gasteiger partial charge in [-0.3, -0.25) is 9.59 Å². The lowest BCUT2D eigenvalue weighted by atomic mass is 10.1. The highest BCUT2D eigenvalue weighted by atomic mass is 16.4. The third-order valence-electron chi connectivity index (χ3n) is 2.86. The number of carboxylic acids is 1. The zero-order valence-electron chi connectivity index (χ0n) is 12.4. The van der Waals surface area contributed by atoms with E-state index in [1.165, 1.54) is 18.3 Å². The van der Waals surface area contributed by atoms with E-state index >= 15 is 0 Å². The van der Waals surface area contributed by atoms with E-state index in [1.807, 2.05) is 0 Å². The van der Waals surface area contributed by atoms with Gasteiger partial charge in [0.05, 0.1) is 5.56 Å². The molecule has 0 aromatic carbocycles. The standard InChI is InChI=1S/C15H19N3O4/c1-10(2)13(15(21)22)18-12-6-5-11(9-17-12)14(20)16-7-3-4-8-19/h3-6,8-10,13H,7H2,1-2H3,(H,16,20)(H,17,18)(H,21,22)/t13-/m1/s1. The molecule has 3 N–H and O–H groups in total. The van der Waals surface area contributed by atoms with Crippen LogP contribution in [0.4, 0.5) is 5.82 Å². The number of nitrogens with one attached hydrogen (secondary N) is 2. The van der Waals surface area contributed by atoms with Gasteiger partial charge >= 0.3 is 5.97 Å². The van der Waals surface area contributed by atoms with Gasteiger partial charge < -0.3 is 15.7 Å². The maximum atomic E-state index is 11.8. The number of rotatable bonds is 8. The van der Waals surface area contributed by atoms with Gasteiger partial charge in [0.1, 0.15) is 18.1 Å². The molecule has 1 aromatic rings. The first-order valence-electron chi connectivity index (χ1n) is 6.79. The maximum absolute atomic E-state index is 11.8. The molecule has 7 heteroatoms. The Morgan fingerprint density at radius 1 is 1.36 bits per heavy atom. The third-order valence-corrected chi connectivity index (χ3v) is 2.86. The number of hydrogen-bond donors (Lipinski definition) is 3. The first-order chi connectivity index (χ1) is 10.5. The average Bonchev–Trinajstić information content (AvgIpc) is 2.49. The number of carbonyl (C=O) groups excluding carboxylic acids is 2. The summed E-state index contributed by atoms with van der Waals surface area (Å²) >= 11 is 0. The van der Waals surface area contributed by atoms with Gasteiger partial charge in [0.25, 0.3) is 5.91 Å². The molecule has 0 fully saturated rings. The summed E-state index contributed by atoms with van der Waals surface area (Å²) in [5.41, 5.74) is 0.349. The SMILES string of the molecule is CC(C)[C@@H](Nc1ccc(C(=O)NCC=CC=O)cn1)C(=O)O. The number of carbonyl (C=O) groups is 3. The fourth-order valence-corrected chi connectivity index (χ4v) is 1.66. The zero-order chi connectivity index (χ0) is 16.5. The summed E-state index contributed by atoms with van der Waals surface area (Å²) in [6.45, 7) is 3.83. The molecule has 0 unspecified atom stereocenters. The number of hydrogen-bond acceptors (Lipinski definition) is 5. The minimum Gasteiger partial charge on any atom is -0.480 e. The van der Waals surface area contributed by atoms with Crippen molar-refractivity contribution in [3.63, 3.8) is 0 Å². The van der Waals surface area contributed by atoms with E-state index in [4.69, 9.17) is 5.11 Å². The predicted octanol–water partition coefficient (Wildman–Crippen LogP) is 1.09. The van der Waals surface area contributed by atoms with E-state index in [-0.39, 0.29) is 18.4 Å². The summed E-state index contributed by atoms with van der Waals surface area (Å²) < 4.78 is 0. The molecule has 0 bridgehead atoms. The van der Waals surface area contributed by atoms with Crippen molar-refractivity contribution in [1.29, 1.82) is 0 Å². The Balaban J connectivity index is 2.66. The van der Waals surface area contributed by atoms with Gasteiger partial charge in [-0.05, 0) is 24.1 Å². The Morgan fingerprint density at radius 3 is 2.59 bits per heavy atom. The lowest BCUT2D eigenvalue weighted by Gasteiger charge is -2.18. The van der Waals surface area contributed by atoms with E-state index < -0.39 is 12.0 Å². The summed E-state index contributed by atoms with van der Waals surface area (Å²) in [7, 11) is 0. The van der Waals surface area contributed by atoms with Crippen LogP contribution in [0.5, 0.6) is 0 Å². The van der Waals surface area contributed by atoms with Gasteiger partial charge in [-0.25, -0.2) is 9.78 Å². The van der Waals surface area contributed by atoms with Crippen LogP contribution < -0.4 is 10.6 Å². The Morgan fingerprint density at radius 2 is 2.09 bits per heavy atom. The zero-order valence-corrected chi connectivity index (χ0v) is 12.4. The molecule has 7 nitrogen and oxygen atoms in total. The Labute approximate surface area is 128 Å². The van der Waals surface area contributed by atoms with Crippen LogP contribution in [0.3, 0.4) is 0 Å². The number of aliphatic carboxylic acids is 1. The fourth-order valence-electron chi connectivity index (χ4n) is 1.66. The molecule has 1 aromatic heterocycles.